The number of hydrogen-bond donors (Lipinski definition) is 2. The molecule has 0 bridgehead atoms. The summed E-state index contributed by atoms with van der Waals surface area (Å²) in [6.07, 6.45) is 0. The van der Waals surface area contributed by atoms with Gasteiger partial charge in [0.25, 0.3) is 0 Å². The van der Waals surface area contributed by atoms with Crippen LogP contribution in [0.4, 0.5) is 0 Å². The lowest BCUT2D eigenvalue weighted by Crippen LogP contribution is -2.03. The van der Waals surface area contributed by atoms with Gasteiger partial charge >= 0.3 is 11.9 Å². The van der Waals surface area contributed by atoms with Crippen molar-refractivity contribution in [2.24, 2.45) is 0 Å². The van der Waals surface area contributed by atoms with Crippen LogP contribution in [0, 0.1) is 0 Å². The van der Waals surface area contributed by atoms with E-state index < -0.39 is 11.9 Å². The Bertz CT molecular complexity index is 383. The summed E-state index contributed by atoms with van der Waals surface area (Å²) < 4.78 is 4.65. The van der Waals surface area contributed by atoms with Crippen LogP contribution < -0.4 is 4.74 Å². The monoisotopic (exact) mass is 196 g/mol. The number of aromatic carboxylic acids is 1. The van der Waals surface area contributed by atoms with E-state index in [1.807, 2.05) is 0 Å². The molecule has 1 rings (SSSR count). The lowest BCUT2D eigenvalue weighted by Gasteiger charge is -2.03. The minimum absolute atomic E-state index is 0.0905. The van der Waals surface area contributed by atoms with Crippen LogP contribution in [0.15, 0.2) is 18.2 Å². The number of carbonyl (C=O) groups is 2. The molecule has 0 fully saturated rings. The lowest BCUT2D eigenvalue weighted by atomic mass is 10.2. The Morgan fingerprint density at radius 3 is 2.50 bits per heavy atom. The van der Waals surface area contributed by atoms with E-state index in [2.05, 4.69) is 4.74 Å². The first-order chi connectivity index (χ1) is 6.50. The van der Waals surface area contributed by atoms with Crippen LogP contribution in [0.2, 0.25) is 0 Å². The number of esters is 1. The zero-order valence-corrected chi connectivity index (χ0v) is 7.35. The molecule has 0 saturated heterocycles. The van der Waals surface area contributed by atoms with E-state index in [1.165, 1.54) is 13.0 Å². The number of benzene rings is 1. The molecule has 0 heterocycles. The molecule has 1 aromatic carbocycles. The molecule has 5 heteroatoms. The molecule has 0 spiro atoms. The van der Waals surface area contributed by atoms with Gasteiger partial charge in [-0.2, -0.15) is 0 Å². The Morgan fingerprint density at radius 1 is 1.36 bits per heavy atom. The molecule has 2 N–H and O–H groups in total. The molecule has 0 aromatic heterocycles. The predicted octanol–water partition coefficient (Wildman–Crippen LogP) is 1.02. The van der Waals surface area contributed by atoms with Gasteiger partial charge in [-0.25, -0.2) is 4.79 Å². The quantitative estimate of drug-likeness (QED) is 0.544. The predicted molar refractivity (Wildman–Crippen MR) is 46.4 cm³/mol. The lowest BCUT2D eigenvalue weighted by molar-refractivity contribution is -0.131. The largest absolute Gasteiger partial charge is 0.507 e. The van der Waals surface area contributed by atoms with Crippen LogP contribution in [-0.2, 0) is 4.79 Å². The number of carboxylic acids is 1. The number of ether oxygens (including phenoxy) is 1. The summed E-state index contributed by atoms with van der Waals surface area (Å²) in [5, 5.41) is 17.7. The highest BCUT2D eigenvalue weighted by molar-refractivity contribution is 5.91. The second-order valence-electron chi connectivity index (χ2n) is 2.58. The maximum Gasteiger partial charge on any atom is 0.339 e. The van der Waals surface area contributed by atoms with Crippen LogP contribution >= 0.6 is 0 Å². The summed E-state index contributed by atoms with van der Waals surface area (Å²) in [7, 11) is 0. The molecule has 0 unspecified atom stereocenters. The zero-order chi connectivity index (χ0) is 10.7. The number of carboxylic acid groups (broad SMARTS) is 1. The average Bonchev–Trinajstić information content (AvgIpc) is 2.07. The third-order valence-electron chi connectivity index (χ3n) is 1.46. The molecule has 0 saturated carbocycles. The summed E-state index contributed by atoms with van der Waals surface area (Å²) in [5.74, 6) is -2.11. The van der Waals surface area contributed by atoms with Crippen LogP contribution in [0.3, 0.4) is 0 Å². The van der Waals surface area contributed by atoms with Gasteiger partial charge in [-0.15, -0.1) is 0 Å². The Balaban J connectivity index is 3.06. The third-order valence-corrected chi connectivity index (χ3v) is 1.46. The van der Waals surface area contributed by atoms with E-state index in [0.29, 0.717) is 0 Å². The van der Waals surface area contributed by atoms with Crippen molar-refractivity contribution in [2.75, 3.05) is 0 Å². The van der Waals surface area contributed by atoms with Crippen molar-refractivity contribution in [2.45, 2.75) is 6.92 Å². The summed E-state index contributed by atoms with van der Waals surface area (Å²) in [4.78, 5) is 21.1. The fourth-order valence-corrected chi connectivity index (χ4v) is 0.916. The van der Waals surface area contributed by atoms with Crippen LogP contribution in [-0.4, -0.2) is 22.2 Å². The Kier molecular flexibility index (Phi) is 2.71. The molecule has 0 atom stereocenters. The molecule has 74 valence electrons. The highest BCUT2D eigenvalue weighted by Crippen LogP contribution is 2.22. The van der Waals surface area contributed by atoms with Crippen molar-refractivity contribution in [3.63, 3.8) is 0 Å². The van der Waals surface area contributed by atoms with Gasteiger partial charge in [0.15, 0.2) is 0 Å². The van der Waals surface area contributed by atoms with Crippen molar-refractivity contribution in [1.82, 2.24) is 0 Å². The van der Waals surface area contributed by atoms with E-state index in [4.69, 9.17) is 10.2 Å². The molecule has 14 heavy (non-hydrogen) atoms. The molecular formula is C9H8O5. The number of rotatable bonds is 2. The Hall–Kier alpha value is -2.04. The summed E-state index contributed by atoms with van der Waals surface area (Å²) >= 11 is 0. The molecule has 0 amide bonds. The smallest absolute Gasteiger partial charge is 0.339 e. The minimum Gasteiger partial charge on any atom is -0.507 e. The van der Waals surface area contributed by atoms with Gasteiger partial charge in [0.1, 0.15) is 17.1 Å². The topological polar surface area (TPSA) is 83.8 Å². The first-order valence-electron chi connectivity index (χ1n) is 3.75. The second-order valence-corrected chi connectivity index (χ2v) is 2.58. The molecular weight excluding hydrogens is 188 g/mol. The van der Waals surface area contributed by atoms with Crippen molar-refractivity contribution < 1.29 is 24.5 Å². The van der Waals surface area contributed by atoms with E-state index in [9.17, 15) is 9.59 Å². The van der Waals surface area contributed by atoms with Gasteiger partial charge in [-0.05, 0) is 18.2 Å². The van der Waals surface area contributed by atoms with E-state index in [0.717, 1.165) is 12.1 Å². The fraction of sp³-hybridized carbons (Fsp3) is 0.111. The highest BCUT2D eigenvalue weighted by atomic mass is 16.5. The Morgan fingerprint density at radius 2 is 2.00 bits per heavy atom. The Labute approximate surface area is 79.6 Å². The summed E-state index contributed by atoms with van der Waals surface area (Å²) in [6.45, 7) is 1.20. The van der Waals surface area contributed by atoms with Gasteiger partial charge in [0.05, 0.1) is 0 Å². The molecule has 0 aliphatic heterocycles. The first kappa shape index (κ1) is 10.0. The minimum atomic E-state index is -1.28. The molecule has 1 aromatic rings. The number of aromatic hydroxyl groups is 1. The van der Waals surface area contributed by atoms with E-state index in [-0.39, 0.29) is 17.1 Å². The van der Waals surface area contributed by atoms with Crippen LogP contribution in [0.1, 0.15) is 17.3 Å². The maximum atomic E-state index is 10.6. The third kappa shape index (κ3) is 2.22. The van der Waals surface area contributed by atoms with Gasteiger partial charge in [-0.3, -0.25) is 4.79 Å². The van der Waals surface area contributed by atoms with Gasteiger partial charge in [0, 0.05) is 6.92 Å². The maximum absolute atomic E-state index is 10.6. The average molecular weight is 196 g/mol. The summed E-state index contributed by atoms with van der Waals surface area (Å²) in [6, 6.07) is 3.55. The van der Waals surface area contributed by atoms with Crippen molar-refractivity contribution >= 4 is 11.9 Å². The van der Waals surface area contributed by atoms with Crippen molar-refractivity contribution in [3.8, 4) is 11.5 Å². The van der Waals surface area contributed by atoms with E-state index in [1.54, 1.807) is 0 Å². The molecule has 0 aliphatic carbocycles. The highest BCUT2D eigenvalue weighted by Gasteiger charge is 2.11. The number of carbonyl (C=O) groups excluding carboxylic acids is 1. The van der Waals surface area contributed by atoms with Gasteiger partial charge < -0.3 is 14.9 Å². The van der Waals surface area contributed by atoms with Gasteiger partial charge in [0.2, 0.25) is 0 Å². The molecule has 5 nitrogen and oxygen atoms in total. The molecule has 0 aliphatic rings. The first-order valence-corrected chi connectivity index (χ1v) is 3.75. The van der Waals surface area contributed by atoms with Gasteiger partial charge in [-0.1, -0.05) is 0 Å². The fourth-order valence-electron chi connectivity index (χ4n) is 0.916. The SMILES string of the molecule is CC(=O)Oc1ccc(O)c(C(=O)O)c1. The van der Waals surface area contributed by atoms with Crippen LogP contribution in [0.25, 0.3) is 0 Å². The normalized spacial score (nSPS) is 9.50. The standard InChI is InChI=1S/C9H8O5/c1-5(10)14-6-2-3-8(11)7(4-6)9(12)13/h2-4,11H,1H3,(H,12,13). The number of phenols is 1. The summed E-state index contributed by atoms with van der Waals surface area (Å²) in [5.41, 5.74) is -0.302. The second kappa shape index (κ2) is 3.78. The van der Waals surface area contributed by atoms with Crippen molar-refractivity contribution in [1.29, 1.82) is 0 Å². The van der Waals surface area contributed by atoms with Crippen LogP contribution in [0.5, 0.6) is 11.5 Å². The van der Waals surface area contributed by atoms with Crippen molar-refractivity contribution in [3.05, 3.63) is 23.8 Å². The zero-order valence-electron chi connectivity index (χ0n) is 7.35. The number of hydrogen-bond acceptors (Lipinski definition) is 4. The molecule has 0 radical (unpaired) electrons. The van der Waals surface area contributed by atoms with E-state index >= 15 is 0 Å².